The first-order valence-corrected chi connectivity index (χ1v) is 38.9. The van der Waals surface area contributed by atoms with Crippen LogP contribution < -0.4 is 40.2 Å². The van der Waals surface area contributed by atoms with E-state index in [4.69, 9.17) is 37.9 Å². The summed E-state index contributed by atoms with van der Waals surface area (Å²) in [5.41, 5.74) is 8.59. The smallest absolute Gasteiger partial charge is 0.220 e. The largest absolute Gasteiger partial charge is 0.494 e. The van der Waals surface area contributed by atoms with Crippen molar-refractivity contribution in [3.05, 3.63) is 299 Å². The van der Waals surface area contributed by atoms with Crippen LogP contribution in [0.15, 0.2) is 255 Å². The number of nitrogens with one attached hydrogen (secondary N) is 4. The number of carbonyl (C=O) groups excluding carboxylic acids is 4. The maximum atomic E-state index is 12.4. The summed E-state index contributed by atoms with van der Waals surface area (Å²) >= 11 is 0. The van der Waals surface area contributed by atoms with Gasteiger partial charge in [0.05, 0.1) is 76.9 Å². The Hall–Kier alpha value is -10.1. The molecule has 4 N–H and O–H groups in total. The van der Waals surface area contributed by atoms with Gasteiger partial charge in [0.15, 0.2) is 0 Å². The van der Waals surface area contributed by atoms with Crippen LogP contribution in [0.3, 0.4) is 0 Å². The first-order chi connectivity index (χ1) is 53.3. The third-order valence-electron chi connectivity index (χ3n) is 19.0. The molecule has 0 fully saturated rings. The van der Waals surface area contributed by atoms with Gasteiger partial charge >= 0.3 is 0 Å². The highest BCUT2D eigenvalue weighted by Gasteiger charge is 2.39. The maximum Gasteiger partial charge on any atom is 0.220 e. The van der Waals surface area contributed by atoms with Gasteiger partial charge in [-0.1, -0.05) is 232 Å². The van der Waals surface area contributed by atoms with E-state index in [0.29, 0.717) is 168 Å². The predicted octanol–water partition coefficient (Wildman–Crippen LogP) is 16.1. The molecule has 0 aromatic heterocycles. The Labute approximate surface area is 640 Å². The lowest BCUT2D eigenvalue weighted by molar-refractivity contribution is -0.123. The van der Waals surface area contributed by atoms with Gasteiger partial charge in [0, 0.05) is 51.9 Å². The van der Waals surface area contributed by atoms with Crippen LogP contribution in [0.1, 0.15) is 147 Å². The Morgan fingerprint density at radius 3 is 0.694 bits per heavy atom. The van der Waals surface area contributed by atoms with Gasteiger partial charge in [0.25, 0.3) is 0 Å². The second kappa shape index (κ2) is 48.3. The molecule has 570 valence electrons. The summed E-state index contributed by atoms with van der Waals surface area (Å²) < 4.78 is 46.4. The third kappa shape index (κ3) is 27.3. The zero-order valence-corrected chi connectivity index (χ0v) is 62.8. The lowest BCUT2D eigenvalue weighted by Gasteiger charge is -2.36. The van der Waals surface area contributed by atoms with E-state index in [1.807, 2.05) is 24.3 Å². The van der Waals surface area contributed by atoms with Crippen LogP contribution in [-0.4, -0.2) is 129 Å². The van der Waals surface area contributed by atoms with Gasteiger partial charge in [-0.3, -0.25) is 19.2 Å². The molecular formula is C92H110N4O12. The number of rotatable bonds is 54. The minimum atomic E-state index is -0.489. The van der Waals surface area contributed by atoms with E-state index >= 15 is 0 Å². The molecule has 9 rings (SSSR count). The van der Waals surface area contributed by atoms with Crippen LogP contribution in [0.2, 0.25) is 0 Å². The first kappa shape index (κ1) is 82.0. The van der Waals surface area contributed by atoms with Crippen molar-refractivity contribution < 1.29 is 57.1 Å². The quantitative estimate of drug-likeness (QED) is 0.0209. The summed E-state index contributed by atoms with van der Waals surface area (Å²) in [6.07, 6.45) is 11.9. The normalized spacial score (nSPS) is 11.3. The first-order valence-electron chi connectivity index (χ1n) is 38.9. The molecule has 0 aliphatic rings. The van der Waals surface area contributed by atoms with Crippen molar-refractivity contribution in [2.24, 2.45) is 0 Å². The van der Waals surface area contributed by atoms with E-state index in [1.165, 1.54) is 44.5 Å². The van der Waals surface area contributed by atoms with E-state index in [2.05, 4.69) is 252 Å². The molecule has 0 bridgehead atoms. The molecule has 9 aromatic rings. The molecular weight excluding hydrogens is 1350 g/mol. The number of hydrogen-bond donors (Lipinski definition) is 4. The van der Waals surface area contributed by atoms with Crippen molar-refractivity contribution >= 4 is 23.6 Å². The van der Waals surface area contributed by atoms with Crippen LogP contribution in [0.4, 0.5) is 0 Å². The molecule has 108 heavy (non-hydrogen) atoms. The lowest BCUT2D eigenvalue weighted by Crippen LogP contribution is -2.30. The Kier molecular flexibility index (Phi) is 36.6. The minimum Gasteiger partial charge on any atom is -0.494 e. The number of ether oxygens (including phenoxy) is 8. The zero-order valence-electron chi connectivity index (χ0n) is 62.8. The van der Waals surface area contributed by atoms with E-state index in [0.717, 1.165) is 62.9 Å². The fourth-order valence-electron chi connectivity index (χ4n) is 13.5. The van der Waals surface area contributed by atoms with Gasteiger partial charge in [-0.05, 0) is 144 Å². The Morgan fingerprint density at radius 1 is 0.204 bits per heavy atom. The SMILES string of the molecule is O=C(CCCCC(=O)NCCOCCOCCOc1ccc(OCCOCCOCCNC(=O)CCCCC(=O)NCCCCCCOc2ccc(C(c3ccccc3)(c3ccccc3)c3ccccc3)cc2)cc1)NCCCCCCOc1ccc(C(c2ccccc2)(c2ccccc2)c2ccccc2)cc1. The summed E-state index contributed by atoms with van der Waals surface area (Å²) in [5, 5.41) is 11.8. The van der Waals surface area contributed by atoms with Crippen LogP contribution in [0.25, 0.3) is 0 Å². The molecule has 0 unspecified atom stereocenters. The van der Waals surface area contributed by atoms with Gasteiger partial charge in [-0.2, -0.15) is 0 Å². The molecule has 0 atom stereocenters. The summed E-state index contributed by atoms with van der Waals surface area (Å²) in [6, 6.07) is 88.6. The van der Waals surface area contributed by atoms with Crippen molar-refractivity contribution in [1.29, 1.82) is 0 Å². The van der Waals surface area contributed by atoms with Gasteiger partial charge in [0.2, 0.25) is 23.6 Å². The number of carbonyl (C=O) groups is 4. The van der Waals surface area contributed by atoms with Crippen LogP contribution in [0.5, 0.6) is 23.0 Å². The van der Waals surface area contributed by atoms with E-state index in [-0.39, 0.29) is 23.6 Å². The monoisotopic (exact) mass is 1460 g/mol. The molecule has 4 amide bonds. The van der Waals surface area contributed by atoms with Crippen molar-refractivity contribution in [2.75, 3.05) is 105 Å². The van der Waals surface area contributed by atoms with Crippen molar-refractivity contribution in [2.45, 2.75) is 114 Å². The Balaban J connectivity index is 0.481. The summed E-state index contributed by atoms with van der Waals surface area (Å²) in [4.78, 5) is 49.5. The van der Waals surface area contributed by atoms with Crippen LogP contribution in [0, 0.1) is 0 Å². The highest BCUT2D eigenvalue weighted by Crippen LogP contribution is 2.47. The lowest BCUT2D eigenvalue weighted by atomic mass is 9.65. The number of amides is 4. The molecule has 0 spiro atoms. The second-order valence-corrected chi connectivity index (χ2v) is 26.7. The molecule has 0 radical (unpaired) electrons. The van der Waals surface area contributed by atoms with Gasteiger partial charge in [0.1, 0.15) is 36.2 Å². The fraction of sp³-hybridized carbons (Fsp3) is 0.370. The van der Waals surface area contributed by atoms with E-state index in [9.17, 15) is 19.2 Å². The average Bonchev–Trinajstić information content (AvgIpc) is 0.744. The summed E-state index contributed by atoms with van der Waals surface area (Å²) in [5.74, 6) is 3.04. The third-order valence-corrected chi connectivity index (χ3v) is 19.0. The van der Waals surface area contributed by atoms with Crippen molar-refractivity contribution in [3.8, 4) is 23.0 Å². The maximum absolute atomic E-state index is 12.4. The topological polar surface area (TPSA) is 190 Å². The Bertz CT molecular complexity index is 3470. The van der Waals surface area contributed by atoms with E-state index in [1.54, 1.807) is 0 Å². The highest BCUT2D eigenvalue weighted by molar-refractivity contribution is 5.78. The molecule has 0 aliphatic carbocycles. The second-order valence-electron chi connectivity index (χ2n) is 26.7. The zero-order chi connectivity index (χ0) is 75.0. The molecule has 0 heterocycles. The predicted molar refractivity (Wildman–Crippen MR) is 427 cm³/mol. The molecule has 0 saturated carbocycles. The highest BCUT2D eigenvalue weighted by atomic mass is 16.6. The molecule has 0 saturated heterocycles. The van der Waals surface area contributed by atoms with Crippen LogP contribution in [-0.2, 0) is 49.0 Å². The van der Waals surface area contributed by atoms with E-state index < -0.39 is 10.8 Å². The standard InChI is InChI=1S/C92H110N4O12/c97-87(93-59-27-1-3-29-63-105-83-51-47-81(48-52-83)91(75-31-11-5-12-32-75,76-33-13-6-14-34-76)77-35-15-7-16-36-77)43-23-25-45-89(99)95-61-65-101-67-69-103-71-73-107-85-55-57-86(58-56-85)108-74-72-104-70-68-102-66-62-96-90(100)46-26-24-44-88(98)94-60-28-2-4-30-64-106-84-53-49-82(50-54-84)92(78-37-17-8-18-38-78,79-39-19-9-20-40-79)80-41-21-10-22-42-80/h5-22,31-42,47-58H,1-4,23-30,43-46,59-74H2,(H,93,97)(H,94,98)(H,95,99)(H,96,100). The molecule has 9 aromatic carbocycles. The molecule has 16 heteroatoms. The molecule has 16 nitrogen and oxygen atoms in total. The summed E-state index contributed by atoms with van der Waals surface area (Å²) in [6.45, 7) is 7.29. The number of benzene rings is 9. The van der Waals surface area contributed by atoms with Crippen LogP contribution >= 0.6 is 0 Å². The van der Waals surface area contributed by atoms with Crippen molar-refractivity contribution in [1.82, 2.24) is 21.3 Å². The minimum absolute atomic E-state index is 0.0218. The number of unbranched alkanes of at least 4 members (excludes halogenated alkanes) is 8. The summed E-state index contributed by atoms with van der Waals surface area (Å²) in [7, 11) is 0. The van der Waals surface area contributed by atoms with Gasteiger partial charge in [-0.15, -0.1) is 0 Å². The fourth-order valence-corrected chi connectivity index (χ4v) is 13.5. The molecule has 0 aliphatic heterocycles. The Morgan fingerprint density at radius 2 is 0.417 bits per heavy atom. The van der Waals surface area contributed by atoms with Crippen molar-refractivity contribution in [3.63, 3.8) is 0 Å². The van der Waals surface area contributed by atoms with Gasteiger partial charge in [-0.25, -0.2) is 0 Å². The number of hydrogen-bond acceptors (Lipinski definition) is 12. The average molecular weight is 1460 g/mol. The van der Waals surface area contributed by atoms with Gasteiger partial charge < -0.3 is 59.2 Å².